The zero-order valence-electron chi connectivity index (χ0n) is 6.83. The molecule has 0 heterocycles. The summed E-state index contributed by atoms with van der Waals surface area (Å²) in [7, 11) is 2.63. The molecule has 0 saturated carbocycles. The molecule has 5 heteroatoms. The van der Waals surface area contributed by atoms with Crippen LogP contribution in [0.25, 0.3) is 0 Å². The Kier molecular flexibility index (Phi) is 14.3. The first-order valence-electron chi connectivity index (χ1n) is 3.19. The van der Waals surface area contributed by atoms with Crippen LogP contribution in [0.4, 0.5) is 0 Å². The number of hydrogen-bond donors (Lipinski definition) is 2. The molecule has 1 rings (SSSR count). The van der Waals surface area contributed by atoms with E-state index >= 15 is 0 Å². The number of hydrogen-bond acceptors (Lipinski definition) is 2. The van der Waals surface area contributed by atoms with Gasteiger partial charge in [-0.1, -0.05) is 30.3 Å². The maximum absolute atomic E-state index is 8.36. The van der Waals surface area contributed by atoms with Crippen LogP contribution in [0.2, 0.25) is 0 Å². The van der Waals surface area contributed by atoms with Gasteiger partial charge in [0.1, 0.15) is 0 Å². The fraction of sp³-hybridized carbons (Fsp3) is 0. The van der Waals surface area contributed by atoms with Crippen LogP contribution in [0.5, 0.6) is 0 Å². The summed E-state index contributed by atoms with van der Waals surface area (Å²) in [6.45, 7) is -0.500. The van der Waals surface area contributed by atoms with Crippen molar-refractivity contribution in [3.63, 3.8) is 0 Å². The van der Waals surface area contributed by atoms with Crippen LogP contribution < -0.4 is 5.30 Å². The van der Waals surface area contributed by atoms with Gasteiger partial charge in [0.05, 0.1) is 0 Å². The predicted molar refractivity (Wildman–Crippen MR) is 53.2 cm³/mol. The third-order valence-corrected chi connectivity index (χ3v) is 1.18. The molecule has 4 nitrogen and oxygen atoms in total. The number of carbonyl (C=O) groups is 2. The van der Waals surface area contributed by atoms with E-state index in [1.165, 1.54) is 5.30 Å². The molecule has 72 valence electrons. The van der Waals surface area contributed by atoms with Gasteiger partial charge in [0.25, 0.3) is 12.9 Å². The zero-order valence-corrected chi connectivity index (χ0v) is 7.98. The largest absolute Gasteiger partial charge is 0.483 e. The van der Waals surface area contributed by atoms with Gasteiger partial charge in [-0.25, -0.2) is 0 Å². The fourth-order valence-corrected chi connectivity index (χ4v) is 0.675. The molecule has 1 unspecified atom stereocenters. The topological polar surface area (TPSA) is 74.6 Å². The molecule has 1 atom stereocenters. The summed E-state index contributed by atoms with van der Waals surface area (Å²) in [6, 6.07) is 10.1. The van der Waals surface area contributed by atoms with Crippen molar-refractivity contribution in [2.24, 2.45) is 0 Å². The monoisotopic (exact) mass is 202 g/mol. The Balaban J connectivity index is 0. The van der Waals surface area contributed by atoms with E-state index in [9.17, 15) is 0 Å². The van der Waals surface area contributed by atoms with Crippen molar-refractivity contribution in [1.82, 2.24) is 0 Å². The second kappa shape index (κ2) is 13.2. The minimum Gasteiger partial charge on any atom is -0.483 e. The summed E-state index contributed by atoms with van der Waals surface area (Å²) >= 11 is 0. The van der Waals surface area contributed by atoms with Gasteiger partial charge in [-0.05, 0) is 5.30 Å². The Morgan fingerprint density at radius 1 is 1.00 bits per heavy atom. The highest BCUT2D eigenvalue weighted by molar-refractivity contribution is 7.27. The standard InChI is InChI=1S/C6H7P.2CH2O2/c7-6-4-2-1-3-5-6;2*2-1-3/h1-5H,7H2;2*1H,(H,2,3). The molecular weight excluding hydrogens is 191 g/mol. The lowest BCUT2D eigenvalue weighted by Crippen LogP contribution is -1.82. The molecule has 0 aliphatic carbocycles. The van der Waals surface area contributed by atoms with Gasteiger partial charge >= 0.3 is 0 Å². The molecule has 1 aromatic rings. The molecule has 0 spiro atoms. The maximum atomic E-state index is 8.36. The summed E-state index contributed by atoms with van der Waals surface area (Å²) in [4.78, 5) is 16.7. The second-order valence-electron chi connectivity index (χ2n) is 1.62. The molecule has 1 aromatic carbocycles. The van der Waals surface area contributed by atoms with Gasteiger partial charge in [0, 0.05) is 0 Å². The van der Waals surface area contributed by atoms with E-state index in [0.29, 0.717) is 0 Å². The Labute approximate surface area is 78.4 Å². The van der Waals surface area contributed by atoms with E-state index in [-0.39, 0.29) is 12.9 Å². The molecule has 0 radical (unpaired) electrons. The number of carboxylic acid groups (broad SMARTS) is 2. The quantitative estimate of drug-likeness (QED) is 0.477. The van der Waals surface area contributed by atoms with Crippen molar-refractivity contribution >= 4 is 27.5 Å². The van der Waals surface area contributed by atoms with E-state index in [1.807, 2.05) is 30.3 Å². The minimum absolute atomic E-state index is 0.250. The third kappa shape index (κ3) is 18.0. The van der Waals surface area contributed by atoms with E-state index in [2.05, 4.69) is 9.24 Å². The van der Waals surface area contributed by atoms with Crippen LogP contribution in [0, 0.1) is 0 Å². The van der Waals surface area contributed by atoms with Crippen LogP contribution in [0.3, 0.4) is 0 Å². The minimum atomic E-state index is -0.250. The van der Waals surface area contributed by atoms with Crippen LogP contribution in [0.15, 0.2) is 30.3 Å². The smallest absolute Gasteiger partial charge is 0.290 e. The van der Waals surface area contributed by atoms with E-state index in [0.717, 1.165) is 0 Å². The maximum Gasteiger partial charge on any atom is 0.290 e. The van der Waals surface area contributed by atoms with Gasteiger partial charge in [-0.15, -0.1) is 9.24 Å². The van der Waals surface area contributed by atoms with Crippen molar-refractivity contribution in [3.05, 3.63) is 30.3 Å². The summed E-state index contributed by atoms with van der Waals surface area (Å²) < 4.78 is 0. The van der Waals surface area contributed by atoms with Crippen molar-refractivity contribution < 1.29 is 19.8 Å². The van der Waals surface area contributed by atoms with Gasteiger partial charge in [-0.3, -0.25) is 9.59 Å². The highest BCUT2D eigenvalue weighted by Crippen LogP contribution is 1.86. The summed E-state index contributed by atoms with van der Waals surface area (Å²) in [5.74, 6) is 0. The van der Waals surface area contributed by atoms with Crippen LogP contribution in [0.1, 0.15) is 0 Å². The first kappa shape index (κ1) is 14.1. The Morgan fingerprint density at radius 2 is 1.31 bits per heavy atom. The second-order valence-corrected chi connectivity index (χ2v) is 2.29. The first-order valence-corrected chi connectivity index (χ1v) is 3.76. The van der Waals surface area contributed by atoms with Crippen molar-refractivity contribution in [3.8, 4) is 0 Å². The number of benzene rings is 1. The normalized spacial score (nSPS) is 6.54. The third-order valence-electron chi connectivity index (χ3n) is 0.800. The lowest BCUT2D eigenvalue weighted by Gasteiger charge is -1.82. The molecule has 2 N–H and O–H groups in total. The highest BCUT2D eigenvalue weighted by Gasteiger charge is 1.72. The summed E-state index contributed by atoms with van der Waals surface area (Å²) in [5, 5.41) is 15.0. The van der Waals surface area contributed by atoms with E-state index in [4.69, 9.17) is 19.8 Å². The fourth-order valence-electron chi connectivity index (χ4n) is 0.453. The molecule has 0 fully saturated rings. The molecule has 0 bridgehead atoms. The van der Waals surface area contributed by atoms with E-state index < -0.39 is 0 Å². The van der Waals surface area contributed by atoms with Crippen LogP contribution in [-0.2, 0) is 9.59 Å². The van der Waals surface area contributed by atoms with Crippen molar-refractivity contribution in [2.75, 3.05) is 0 Å². The first-order chi connectivity index (χ1) is 6.22. The molecule has 0 saturated heterocycles. The molecule has 0 amide bonds. The summed E-state index contributed by atoms with van der Waals surface area (Å²) in [6.07, 6.45) is 0. The SMILES string of the molecule is O=CO.O=CO.Pc1ccccc1. The predicted octanol–water partition coefficient (Wildman–Crippen LogP) is 0.589. The molecule has 13 heavy (non-hydrogen) atoms. The van der Waals surface area contributed by atoms with Crippen LogP contribution >= 0.6 is 9.24 Å². The summed E-state index contributed by atoms with van der Waals surface area (Å²) in [5.41, 5.74) is 0. The highest BCUT2D eigenvalue weighted by atomic mass is 31.0. The zero-order chi connectivity index (χ0) is 10.5. The molecule has 0 aromatic heterocycles. The molecule has 0 aliphatic rings. The Bertz CT molecular complexity index is 207. The average Bonchev–Trinajstić information content (AvgIpc) is 2.08. The average molecular weight is 202 g/mol. The lowest BCUT2D eigenvalue weighted by molar-refractivity contribution is -0.123. The number of rotatable bonds is 0. The Morgan fingerprint density at radius 3 is 1.46 bits per heavy atom. The van der Waals surface area contributed by atoms with Gasteiger partial charge in [-0.2, -0.15) is 0 Å². The van der Waals surface area contributed by atoms with Gasteiger partial charge in [0.2, 0.25) is 0 Å². The Hall–Kier alpha value is -1.41. The lowest BCUT2D eigenvalue weighted by atomic mass is 10.4. The van der Waals surface area contributed by atoms with Gasteiger partial charge < -0.3 is 10.2 Å². The van der Waals surface area contributed by atoms with Crippen LogP contribution in [-0.4, -0.2) is 23.2 Å². The molecule has 0 aliphatic heterocycles. The molecular formula is C8H11O4P. The van der Waals surface area contributed by atoms with Crippen molar-refractivity contribution in [2.45, 2.75) is 0 Å². The van der Waals surface area contributed by atoms with Crippen molar-refractivity contribution in [1.29, 1.82) is 0 Å². The van der Waals surface area contributed by atoms with Gasteiger partial charge in [0.15, 0.2) is 0 Å². The van der Waals surface area contributed by atoms with E-state index in [1.54, 1.807) is 0 Å².